The van der Waals surface area contributed by atoms with Crippen LogP contribution in [0.4, 0.5) is 4.39 Å². The SMILES string of the molecule is CC/C(C)=C\N/N=C(\C)Cc1ccc(OC)c(-c2cccc(Cl)c2)c1F. The number of methoxy groups -OCH3 is 1. The van der Waals surface area contributed by atoms with E-state index in [2.05, 4.69) is 17.5 Å². The van der Waals surface area contributed by atoms with Crippen LogP contribution < -0.4 is 10.2 Å². The van der Waals surface area contributed by atoms with Crippen molar-refractivity contribution in [3.8, 4) is 16.9 Å². The Hall–Kier alpha value is -2.33. The Bertz CT molecular complexity index is 831. The summed E-state index contributed by atoms with van der Waals surface area (Å²) in [5.74, 6) is 0.157. The van der Waals surface area contributed by atoms with Gasteiger partial charge in [-0.15, -0.1) is 0 Å². The Morgan fingerprint density at radius 1 is 1.27 bits per heavy atom. The standard InChI is InChI=1S/C21H24ClFN2O/c1-5-14(2)13-24-25-15(3)11-17-9-10-19(26-4)20(21(17)23)16-7-6-8-18(22)12-16/h6-10,12-13,24H,5,11H2,1-4H3/b14-13-,25-15+. The first kappa shape index (κ1) is 20.0. The van der Waals surface area contributed by atoms with Crippen LogP contribution in [-0.4, -0.2) is 12.8 Å². The monoisotopic (exact) mass is 374 g/mol. The molecule has 0 amide bonds. The average Bonchev–Trinajstić information content (AvgIpc) is 2.62. The Kier molecular flexibility index (Phi) is 7.22. The highest BCUT2D eigenvalue weighted by Crippen LogP contribution is 2.35. The highest BCUT2D eigenvalue weighted by Gasteiger charge is 2.16. The second-order valence-corrected chi connectivity index (χ2v) is 6.56. The predicted octanol–water partition coefficient (Wildman–Crippen LogP) is 5.98. The quantitative estimate of drug-likeness (QED) is 0.478. The number of allylic oxidation sites excluding steroid dienone is 1. The van der Waals surface area contributed by atoms with Crippen LogP contribution in [0.1, 0.15) is 32.8 Å². The van der Waals surface area contributed by atoms with E-state index in [4.69, 9.17) is 16.3 Å². The summed E-state index contributed by atoms with van der Waals surface area (Å²) in [4.78, 5) is 0. The zero-order valence-electron chi connectivity index (χ0n) is 15.6. The number of ether oxygens (including phenoxy) is 1. The van der Waals surface area contributed by atoms with Gasteiger partial charge >= 0.3 is 0 Å². The van der Waals surface area contributed by atoms with Crippen molar-refractivity contribution in [2.75, 3.05) is 7.11 Å². The minimum absolute atomic E-state index is 0.318. The summed E-state index contributed by atoms with van der Waals surface area (Å²) >= 11 is 6.07. The molecule has 5 heteroatoms. The maximum Gasteiger partial charge on any atom is 0.138 e. The van der Waals surface area contributed by atoms with Crippen molar-refractivity contribution in [1.29, 1.82) is 0 Å². The molecular formula is C21H24ClFN2O. The summed E-state index contributed by atoms with van der Waals surface area (Å²) in [6.45, 7) is 5.97. The molecule has 0 heterocycles. The Balaban J connectivity index is 2.34. The van der Waals surface area contributed by atoms with Crippen LogP contribution in [0.5, 0.6) is 5.75 Å². The third-order valence-corrected chi connectivity index (χ3v) is 4.32. The van der Waals surface area contributed by atoms with Gasteiger partial charge in [0.1, 0.15) is 11.6 Å². The maximum atomic E-state index is 15.2. The van der Waals surface area contributed by atoms with E-state index < -0.39 is 0 Å². The van der Waals surface area contributed by atoms with Crippen LogP contribution >= 0.6 is 11.6 Å². The molecule has 0 aliphatic rings. The van der Waals surface area contributed by atoms with Crippen molar-refractivity contribution >= 4 is 17.3 Å². The number of hydrazone groups is 1. The lowest BCUT2D eigenvalue weighted by Gasteiger charge is -2.13. The summed E-state index contributed by atoms with van der Waals surface area (Å²) in [5.41, 5.74) is 6.54. The van der Waals surface area contributed by atoms with Gasteiger partial charge in [-0.3, -0.25) is 5.43 Å². The highest BCUT2D eigenvalue weighted by atomic mass is 35.5. The van der Waals surface area contributed by atoms with Crippen molar-refractivity contribution in [2.24, 2.45) is 5.10 Å². The van der Waals surface area contributed by atoms with Crippen molar-refractivity contribution in [2.45, 2.75) is 33.6 Å². The van der Waals surface area contributed by atoms with Gasteiger partial charge in [-0.05, 0) is 49.6 Å². The average molecular weight is 375 g/mol. The summed E-state index contributed by atoms with van der Waals surface area (Å²) in [5, 5.41) is 4.83. The van der Waals surface area contributed by atoms with Gasteiger partial charge in [-0.25, -0.2) is 4.39 Å². The van der Waals surface area contributed by atoms with E-state index in [1.54, 1.807) is 30.3 Å². The number of nitrogens with one attached hydrogen (secondary N) is 1. The van der Waals surface area contributed by atoms with Crippen LogP contribution in [0, 0.1) is 5.82 Å². The minimum Gasteiger partial charge on any atom is -0.496 e. The third kappa shape index (κ3) is 5.09. The summed E-state index contributed by atoms with van der Waals surface area (Å²) in [6.07, 6.45) is 3.21. The predicted molar refractivity (Wildman–Crippen MR) is 107 cm³/mol. The number of hydrogen-bond acceptors (Lipinski definition) is 3. The van der Waals surface area contributed by atoms with E-state index in [1.807, 2.05) is 26.1 Å². The molecule has 2 aromatic rings. The Labute approximate surface area is 159 Å². The molecule has 0 saturated heterocycles. The lowest BCUT2D eigenvalue weighted by atomic mass is 9.98. The molecule has 0 spiro atoms. The first-order valence-corrected chi connectivity index (χ1v) is 8.89. The molecule has 0 radical (unpaired) electrons. The van der Waals surface area contributed by atoms with E-state index >= 15 is 4.39 Å². The van der Waals surface area contributed by atoms with E-state index in [-0.39, 0.29) is 5.82 Å². The van der Waals surface area contributed by atoms with Gasteiger partial charge in [0.25, 0.3) is 0 Å². The van der Waals surface area contributed by atoms with Gasteiger partial charge in [-0.2, -0.15) is 5.10 Å². The van der Waals surface area contributed by atoms with E-state index in [0.717, 1.165) is 12.1 Å². The molecule has 2 aromatic carbocycles. The molecule has 2 rings (SSSR count). The van der Waals surface area contributed by atoms with Crippen LogP contribution in [0.3, 0.4) is 0 Å². The van der Waals surface area contributed by atoms with Crippen LogP contribution in [0.15, 0.2) is 53.3 Å². The minimum atomic E-state index is -0.318. The molecule has 0 unspecified atom stereocenters. The smallest absolute Gasteiger partial charge is 0.138 e. The molecule has 0 aliphatic heterocycles. The molecule has 0 aromatic heterocycles. The van der Waals surface area contributed by atoms with Gasteiger partial charge in [0.2, 0.25) is 0 Å². The zero-order chi connectivity index (χ0) is 19.1. The molecule has 1 N–H and O–H groups in total. The van der Waals surface area contributed by atoms with Gasteiger partial charge in [0, 0.05) is 23.4 Å². The van der Waals surface area contributed by atoms with Gasteiger partial charge in [0.05, 0.1) is 12.7 Å². The molecule has 0 saturated carbocycles. The van der Waals surface area contributed by atoms with E-state index in [1.165, 1.54) is 12.7 Å². The van der Waals surface area contributed by atoms with Crippen molar-refractivity contribution in [1.82, 2.24) is 5.43 Å². The highest BCUT2D eigenvalue weighted by molar-refractivity contribution is 6.30. The second-order valence-electron chi connectivity index (χ2n) is 6.12. The Morgan fingerprint density at radius 3 is 2.69 bits per heavy atom. The first-order valence-electron chi connectivity index (χ1n) is 8.51. The molecular weight excluding hydrogens is 351 g/mol. The lowest BCUT2D eigenvalue weighted by Crippen LogP contribution is -2.07. The van der Waals surface area contributed by atoms with Gasteiger partial charge in [-0.1, -0.05) is 42.3 Å². The third-order valence-electron chi connectivity index (χ3n) is 4.09. The summed E-state index contributed by atoms with van der Waals surface area (Å²) < 4.78 is 20.5. The molecule has 0 fully saturated rings. The van der Waals surface area contributed by atoms with E-state index in [9.17, 15) is 0 Å². The fraction of sp³-hybridized carbons (Fsp3) is 0.286. The normalized spacial score (nSPS) is 12.2. The van der Waals surface area contributed by atoms with Crippen molar-refractivity contribution < 1.29 is 9.13 Å². The second kappa shape index (κ2) is 9.39. The number of halogens is 2. The number of nitrogens with zero attached hydrogens (tertiary/aromatic N) is 1. The fourth-order valence-electron chi connectivity index (χ4n) is 2.49. The maximum absolute atomic E-state index is 15.2. The van der Waals surface area contributed by atoms with Crippen LogP contribution in [0.2, 0.25) is 5.02 Å². The van der Waals surface area contributed by atoms with Gasteiger partial charge < -0.3 is 4.74 Å². The molecule has 3 nitrogen and oxygen atoms in total. The summed E-state index contributed by atoms with van der Waals surface area (Å²) in [6, 6.07) is 10.6. The van der Waals surface area contributed by atoms with Crippen molar-refractivity contribution in [3.63, 3.8) is 0 Å². The number of rotatable bonds is 7. The van der Waals surface area contributed by atoms with Crippen molar-refractivity contribution in [3.05, 3.63) is 64.6 Å². The first-order chi connectivity index (χ1) is 12.5. The molecule has 0 atom stereocenters. The number of hydrogen-bond donors (Lipinski definition) is 1. The summed E-state index contributed by atoms with van der Waals surface area (Å²) in [7, 11) is 1.53. The largest absolute Gasteiger partial charge is 0.496 e. The van der Waals surface area contributed by atoms with Crippen LogP contribution in [0.25, 0.3) is 11.1 Å². The number of benzene rings is 2. The molecule has 26 heavy (non-hydrogen) atoms. The molecule has 0 bridgehead atoms. The van der Waals surface area contributed by atoms with Gasteiger partial charge in [0.15, 0.2) is 0 Å². The lowest BCUT2D eigenvalue weighted by molar-refractivity contribution is 0.413. The molecule has 138 valence electrons. The molecule has 0 aliphatic carbocycles. The Morgan fingerprint density at radius 2 is 2.04 bits per heavy atom. The van der Waals surface area contributed by atoms with E-state index in [0.29, 0.717) is 33.9 Å². The fourth-order valence-corrected chi connectivity index (χ4v) is 2.68. The topological polar surface area (TPSA) is 33.6 Å². The zero-order valence-corrected chi connectivity index (χ0v) is 16.3. The van der Waals surface area contributed by atoms with Crippen LogP contribution in [-0.2, 0) is 6.42 Å².